The van der Waals surface area contributed by atoms with Crippen molar-refractivity contribution in [2.75, 3.05) is 26.7 Å². The zero-order chi connectivity index (χ0) is 16.0. The van der Waals surface area contributed by atoms with Gasteiger partial charge in [-0.05, 0) is 20.9 Å². The van der Waals surface area contributed by atoms with E-state index in [1.54, 1.807) is 11.8 Å². The topological polar surface area (TPSA) is 84.5 Å². The fourth-order valence-corrected chi connectivity index (χ4v) is 2.92. The van der Waals surface area contributed by atoms with Gasteiger partial charge in [-0.25, -0.2) is 4.68 Å². The number of likely N-dealkylation sites (N-methyl/N-ethyl adjacent to an activating group) is 1. The van der Waals surface area contributed by atoms with E-state index in [1.165, 1.54) is 7.05 Å². The number of nitrogens with zero attached hydrogens (tertiary/aromatic N) is 5. The molecule has 3 rings (SSSR count). The van der Waals surface area contributed by atoms with Crippen LogP contribution in [-0.4, -0.2) is 63.4 Å². The molecule has 1 saturated heterocycles. The van der Waals surface area contributed by atoms with Crippen molar-refractivity contribution in [2.45, 2.75) is 19.9 Å². The molecule has 0 aromatic carbocycles. The minimum atomic E-state index is -0.366. The van der Waals surface area contributed by atoms with Gasteiger partial charge < -0.3 is 14.3 Å². The number of carbonyl (C=O) groups excluding carboxylic acids is 1. The van der Waals surface area contributed by atoms with E-state index < -0.39 is 0 Å². The Balaban J connectivity index is 2.10. The number of carbonyl (C=O) groups is 1. The van der Waals surface area contributed by atoms with E-state index in [0.29, 0.717) is 17.7 Å². The molecule has 118 valence electrons. The summed E-state index contributed by atoms with van der Waals surface area (Å²) < 4.78 is 6.23. The van der Waals surface area contributed by atoms with Gasteiger partial charge >= 0.3 is 0 Å². The van der Waals surface area contributed by atoms with Crippen LogP contribution in [0.15, 0.2) is 9.32 Å². The first-order valence-electron chi connectivity index (χ1n) is 7.23. The Morgan fingerprint density at radius 1 is 1.32 bits per heavy atom. The van der Waals surface area contributed by atoms with Gasteiger partial charge in [0.15, 0.2) is 11.2 Å². The van der Waals surface area contributed by atoms with Crippen LogP contribution in [0.4, 0.5) is 0 Å². The van der Waals surface area contributed by atoms with E-state index >= 15 is 0 Å². The van der Waals surface area contributed by atoms with Crippen molar-refractivity contribution in [2.24, 2.45) is 7.05 Å². The van der Waals surface area contributed by atoms with Crippen LogP contribution in [0.5, 0.6) is 0 Å². The van der Waals surface area contributed by atoms with E-state index in [2.05, 4.69) is 15.2 Å². The Bertz CT molecular complexity index is 794. The number of hydrogen-bond acceptors (Lipinski definition) is 6. The van der Waals surface area contributed by atoms with Crippen molar-refractivity contribution in [3.63, 3.8) is 0 Å². The lowest BCUT2D eigenvalue weighted by molar-refractivity contribution is 0.0527. The highest BCUT2D eigenvalue weighted by Crippen LogP contribution is 2.20. The van der Waals surface area contributed by atoms with E-state index in [0.717, 1.165) is 17.8 Å². The zero-order valence-electron chi connectivity index (χ0n) is 13.2. The molecule has 1 atom stereocenters. The molecule has 1 amide bonds. The van der Waals surface area contributed by atoms with Crippen LogP contribution in [0.25, 0.3) is 10.9 Å². The Morgan fingerprint density at radius 2 is 2.05 bits per heavy atom. The van der Waals surface area contributed by atoms with Gasteiger partial charge in [0.05, 0.1) is 5.39 Å². The fourth-order valence-electron chi connectivity index (χ4n) is 2.92. The van der Waals surface area contributed by atoms with Gasteiger partial charge in [-0.1, -0.05) is 5.16 Å². The largest absolute Gasteiger partial charge is 0.360 e. The molecule has 0 aliphatic carbocycles. The van der Waals surface area contributed by atoms with Gasteiger partial charge in [0.2, 0.25) is 0 Å². The highest BCUT2D eigenvalue weighted by atomic mass is 16.5. The summed E-state index contributed by atoms with van der Waals surface area (Å²) in [6.07, 6.45) is 0. The molecule has 1 fully saturated rings. The summed E-state index contributed by atoms with van der Waals surface area (Å²) in [7, 11) is 3.54. The Hall–Kier alpha value is -2.22. The molecule has 0 spiro atoms. The number of piperazine rings is 1. The van der Waals surface area contributed by atoms with Gasteiger partial charge in [-0.3, -0.25) is 9.59 Å². The quantitative estimate of drug-likeness (QED) is 0.737. The second kappa shape index (κ2) is 5.20. The van der Waals surface area contributed by atoms with Crippen LogP contribution >= 0.6 is 0 Å². The van der Waals surface area contributed by atoms with Crippen LogP contribution in [0, 0.1) is 6.92 Å². The highest BCUT2D eigenvalue weighted by Gasteiger charge is 2.30. The maximum absolute atomic E-state index is 12.9. The minimum absolute atomic E-state index is 0.0838. The Kier molecular flexibility index (Phi) is 3.48. The molecule has 22 heavy (non-hydrogen) atoms. The van der Waals surface area contributed by atoms with Gasteiger partial charge in [-0.2, -0.15) is 5.10 Å². The number of aryl methyl sites for hydroxylation is 2. The van der Waals surface area contributed by atoms with Crippen molar-refractivity contribution < 1.29 is 9.32 Å². The number of hydrogen-bond donors (Lipinski definition) is 0. The molecule has 8 nitrogen and oxygen atoms in total. The van der Waals surface area contributed by atoms with Gasteiger partial charge in [0.1, 0.15) is 5.76 Å². The highest BCUT2D eigenvalue weighted by molar-refractivity contribution is 6.04. The number of rotatable bonds is 1. The fraction of sp³-hybridized carbons (Fsp3) is 0.571. The molecule has 2 aromatic heterocycles. The van der Waals surface area contributed by atoms with Gasteiger partial charge in [0.25, 0.3) is 11.5 Å². The molecule has 3 heterocycles. The van der Waals surface area contributed by atoms with Crippen LogP contribution in [0.3, 0.4) is 0 Å². The molecule has 0 radical (unpaired) electrons. The molecule has 0 unspecified atom stereocenters. The molecule has 0 bridgehead atoms. The first-order chi connectivity index (χ1) is 10.4. The van der Waals surface area contributed by atoms with E-state index in [4.69, 9.17) is 4.52 Å². The standard InChI is InChI=1S/C14H19N5O3/c1-8-7-17(3)5-6-19(8)14(21)11-10-9(2)22-16-12(10)13(20)18(4)15-11/h8H,5-7H2,1-4H3/t8-/m0/s1. The Labute approximate surface area is 127 Å². The van der Waals surface area contributed by atoms with Crippen molar-refractivity contribution in [1.29, 1.82) is 0 Å². The smallest absolute Gasteiger partial charge is 0.296 e. The second-order valence-electron chi connectivity index (χ2n) is 5.85. The van der Waals surface area contributed by atoms with Crippen molar-refractivity contribution >= 4 is 16.8 Å². The molecular weight excluding hydrogens is 286 g/mol. The molecule has 0 N–H and O–H groups in total. The third-order valence-corrected chi connectivity index (χ3v) is 4.14. The predicted octanol–water partition coefficient (Wildman–Crippen LogP) is 0.00602. The minimum Gasteiger partial charge on any atom is -0.360 e. The number of aromatic nitrogens is 3. The summed E-state index contributed by atoms with van der Waals surface area (Å²) in [5.41, 5.74) is 0.0159. The number of fused-ring (bicyclic) bond motifs is 1. The first kappa shape index (κ1) is 14.7. The van der Waals surface area contributed by atoms with Gasteiger partial charge in [0, 0.05) is 32.7 Å². The lowest BCUT2D eigenvalue weighted by atomic mass is 10.1. The molecule has 2 aromatic rings. The molecular formula is C14H19N5O3. The zero-order valence-corrected chi connectivity index (χ0v) is 13.2. The maximum Gasteiger partial charge on any atom is 0.296 e. The predicted molar refractivity (Wildman–Crippen MR) is 79.8 cm³/mol. The van der Waals surface area contributed by atoms with Crippen LogP contribution in [-0.2, 0) is 7.05 Å². The summed E-state index contributed by atoms with van der Waals surface area (Å²) in [5, 5.41) is 8.35. The van der Waals surface area contributed by atoms with Crippen LogP contribution in [0.2, 0.25) is 0 Å². The van der Waals surface area contributed by atoms with Crippen molar-refractivity contribution in [1.82, 2.24) is 24.7 Å². The van der Waals surface area contributed by atoms with Crippen LogP contribution in [0.1, 0.15) is 23.2 Å². The van der Waals surface area contributed by atoms with E-state index in [-0.39, 0.29) is 28.7 Å². The van der Waals surface area contributed by atoms with Crippen LogP contribution < -0.4 is 5.56 Å². The lowest BCUT2D eigenvalue weighted by Crippen LogP contribution is -2.53. The summed E-state index contributed by atoms with van der Waals surface area (Å²) in [6.45, 7) is 5.94. The maximum atomic E-state index is 12.9. The summed E-state index contributed by atoms with van der Waals surface area (Å²) in [6, 6.07) is 0.0838. The lowest BCUT2D eigenvalue weighted by Gasteiger charge is -2.38. The van der Waals surface area contributed by atoms with E-state index in [9.17, 15) is 9.59 Å². The SMILES string of the molecule is Cc1onc2c(=O)n(C)nc(C(=O)N3CCN(C)C[C@@H]3C)c12. The normalized spacial score (nSPS) is 19.8. The van der Waals surface area contributed by atoms with Crippen molar-refractivity contribution in [3.8, 4) is 0 Å². The summed E-state index contributed by atoms with van der Waals surface area (Å²) >= 11 is 0. The molecule has 1 aliphatic rings. The van der Waals surface area contributed by atoms with Crippen molar-refractivity contribution in [3.05, 3.63) is 21.8 Å². The third kappa shape index (κ3) is 2.19. The second-order valence-corrected chi connectivity index (χ2v) is 5.85. The third-order valence-electron chi connectivity index (χ3n) is 4.14. The Morgan fingerprint density at radius 3 is 2.73 bits per heavy atom. The summed E-state index contributed by atoms with van der Waals surface area (Å²) in [4.78, 5) is 28.9. The number of amides is 1. The average Bonchev–Trinajstić information content (AvgIpc) is 2.84. The van der Waals surface area contributed by atoms with Gasteiger partial charge in [-0.15, -0.1) is 0 Å². The molecule has 8 heteroatoms. The molecule has 0 saturated carbocycles. The molecule has 1 aliphatic heterocycles. The first-order valence-corrected chi connectivity index (χ1v) is 7.23. The summed E-state index contributed by atoms with van der Waals surface area (Å²) in [5.74, 6) is 0.248. The van der Waals surface area contributed by atoms with E-state index in [1.807, 2.05) is 14.0 Å². The monoisotopic (exact) mass is 305 g/mol. The average molecular weight is 305 g/mol.